The Labute approximate surface area is 161 Å². The van der Waals surface area contributed by atoms with Gasteiger partial charge >= 0.3 is 0 Å². The Morgan fingerprint density at radius 1 is 1.07 bits per heavy atom. The van der Waals surface area contributed by atoms with Crippen LogP contribution in [0, 0.1) is 12.8 Å². The number of hydrogen-bond acceptors (Lipinski definition) is 5. The van der Waals surface area contributed by atoms with Crippen LogP contribution in [0.1, 0.15) is 45.2 Å². The van der Waals surface area contributed by atoms with Crippen LogP contribution in [0.25, 0.3) is 0 Å². The Kier molecular flexibility index (Phi) is 6.27. The molecule has 3 rings (SSSR count). The second-order valence-electron chi connectivity index (χ2n) is 7.09. The van der Waals surface area contributed by atoms with Gasteiger partial charge in [-0.1, -0.05) is 13.8 Å². The van der Waals surface area contributed by atoms with E-state index in [1.807, 2.05) is 51.1 Å². The van der Waals surface area contributed by atoms with E-state index in [2.05, 4.69) is 25.5 Å². The fourth-order valence-corrected chi connectivity index (χ4v) is 3.36. The molecule has 6 nitrogen and oxygen atoms in total. The second-order valence-corrected chi connectivity index (χ2v) is 7.09. The van der Waals surface area contributed by atoms with Gasteiger partial charge in [0.1, 0.15) is 5.82 Å². The van der Waals surface area contributed by atoms with Crippen LogP contribution in [0.4, 0.5) is 23.1 Å². The highest BCUT2D eigenvalue weighted by Crippen LogP contribution is 2.22. The first-order chi connectivity index (χ1) is 13.1. The van der Waals surface area contributed by atoms with Crippen molar-refractivity contribution < 1.29 is 4.79 Å². The van der Waals surface area contributed by atoms with Crippen LogP contribution in [0.3, 0.4) is 0 Å². The number of amides is 1. The molecule has 2 N–H and O–H groups in total. The van der Waals surface area contributed by atoms with Gasteiger partial charge in [-0.05, 0) is 56.9 Å². The molecule has 1 amide bonds. The average molecular weight is 367 g/mol. The normalized spacial score (nSPS) is 13.9. The third-order valence-electron chi connectivity index (χ3n) is 5.01. The monoisotopic (exact) mass is 367 g/mol. The number of carbonyl (C=O) groups is 1. The summed E-state index contributed by atoms with van der Waals surface area (Å²) in [6.07, 6.45) is 4.11. The molecule has 0 spiro atoms. The molecule has 27 heavy (non-hydrogen) atoms. The van der Waals surface area contributed by atoms with Crippen LogP contribution in [0.15, 0.2) is 30.3 Å². The predicted octanol–water partition coefficient (Wildman–Crippen LogP) is 4.50. The van der Waals surface area contributed by atoms with E-state index < -0.39 is 0 Å². The van der Waals surface area contributed by atoms with E-state index >= 15 is 0 Å². The molecule has 0 aliphatic carbocycles. The molecular weight excluding hydrogens is 338 g/mol. The highest BCUT2D eigenvalue weighted by Gasteiger charge is 2.16. The highest BCUT2D eigenvalue weighted by atomic mass is 16.1. The van der Waals surface area contributed by atoms with Crippen molar-refractivity contribution in [1.82, 2.24) is 9.97 Å². The molecule has 1 aromatic carbocycles. The van der Waals surface area contributed by atoms with Crippen molar-refractivity contribution in [2.24, 2.45) is 5.92 Å². The van der Waals surface area contributed by atoms with Crippen molar-refractivity contribution in [3.05, 3.63) is 36.0 Å². The SMILES string of the molecule is CCC(CC)C(=O)Nc1ccc(Nc2cc(C)nc(N3CCCC3)n2)cc1. The molecule has 6 heteroatoms. The van der Waals surface area contributed by atoms with Gasteiger partial charge in [-0.2, -0.15) is 4.98 Å². The molecule has 0 radical (unpaired) electrons. The van der Waals surface area contributed by atoms with E-state index in [1.54, 1.807) is 0 Å². The summed E-state index contributed by atoms with van der Waals surface area (Å²) in [5.74, 6) is 1.74. The molecule has 1 fully saturated rings. The van der Waals surface area contributed by atoms with Crippen molar-refractivity contribution in [3.8, 4) is 0 Å². The minimum Gasteiger partial charge on any atom is -0.341 e. The summed E-state index contributed by atoms with van der Waals surface area (Å²) in [6, 6.07) is 9.68. The van der Waals surface area contributed by atoms with E-state index in [9.17, 15) is 4.79 Å². The Balaban J connectivity index is 1.67. The maximum Gasteiger partial charge on any atom is 0.227 e. The Hall–Kier alpha value is -2.63. The number of carbonyl (C=O) groups excluding carboxylic acids is 1. The lowest BCUT2D eigenvalue weighted by molar-refractivity contribution is -0.120. The molecule has 1 aliphatic heterocycles. The van der Waals surface area contributed by atoms with Crippen LogP contribution in [0.2, 0.25) is 0 Å². The first-order valence-corrected chi connectivity index (χ1v) is 9.87. The quantitative estimate of drug-likeness (QED) is 0.754. The van der Waals surface area contributed by atoms with Crippen molar-refractivity contribution in [1.29, 1.82) is 0 Å². The minimum absolute atomic E-state index is 0.0656. The van der Waals surface area contributed by atoms with Crippen molar-refractivity contribution in [3.63, 3.8) is 0 Å². The highest BCUT2D eigenvalue weighted by molar-refractivity contribution is 5.92. The maximum atomic E-state index is 12.2. The summed E-state index contributed by atoms with van der Waals surface area (Å²) in [5, 5.41) is 6.34. The Morgan fingerprint density at radius 3 is 2.33 bits per heavy atom. The number of nitrogens with zero attached hydrogens (tertiary/aromatic N) is 3. The van der Waals surface area contributed by atoms with Gasteiger partial charge in [-0.3, -0.25) is 4.79 Å². The summed E-state index contributed by atoms with van der Waals surface area (Å²) in [4.78, 5) is 23.7. The Morgan fingerprint density at radius 2 is 1.70 bits per heavy atom. The van der Waals surface area contributed by atoms with Gasteiger partial charge in [0.2, 0.25) is 11.9 Å². The Bertz CT molecular complexity index is 765. The molecule has 0 atom stereocenters. The van der Waals surface area contributed by atoms with Gasteiger partial charge < -0.3 is 15.5 Å². The lowest BCUT2D eigenvalue weighted by atomic mass is 10.0. The van der Waals surface area contributed by atoms with Crippen LogP contribution < -0.4 is 15.5 Å². The minimum atomic E-state index is 0.0656. The number of aromatic nitrogens is 2. The number of anilines is 4. The predicted molar refractivity (Wildman–Crippen MR) is 111 cm³/mol. The molecule has 1 aromatic heterocycles. The van der Waals surface area contributed by atoms with Gasteiger partial charge in [0.05, 0.1) is 0 Å². The molecular formula is C21H29N5O. The maximum absolute atomic E-state index is 12.2. The summed E-state index contributed by atoms with van der Waals surface area (Å²) < 4.78 is 0. The molecule has 0 unspecified atom stereocenters. The smallest absolute Gasteiger partial charge is 0.227 e. The largest absolute Gasteiger partial charge is 0.341 e. The summed E-state index contributed by atoms with van der Waals surface area (Å²) in [5.41, 5.74) is 2.69. The van der Waals surface area contributed by atoms with Crippen LogP contribution >= 0.6 is 0 Å². The summed E-state index contributed by atoms with van der Waals surface area (Å²) in [6.45, 7) is 8.12. The first kappa shape index (κ1) is 19.1. The second kappa shape index (κ2) is 8.84. The molecule has 1 saturated heterocycles. The first-order valence-electron chi connectivity index (χ1n) is 9.87. The van der Waals surface area contributed by atoms with Gasteiger partial charge in [-0.25, -0.2) is 4.98 Å². The van der Waals surface area contributed by atoms with E-state index in [0.29, 0.717) is 0 Å². The fraction of sp³-hybridized carbons (Fsp3) is 0.476. The van der Waals surface area contributed by atoms with E-state index in [1.165, 1.54) is 12.8 Å². The lowest BCUT2D eigenvalue weighted by Crippen LogP contribution is -2.21. The number of nitrogens with one attached hydrogen (secondary N) is 2. The van der Waals surface area contributed by atoms with Crippen molar-refractivity contribution in [2.45, 2.75) is 46.5 Å². The topological polar surface area (TPSA) is 70.2 Å². The number of benzene rings is 1. The van der Waals surface area contributed by atoms with E-state index in [4.69, 9.17) is 0 Å². The van der Waals surface area contributed by atoms with E-state index in [-0.39, 0.29) is 11.8 Å². The van der Waals surface area contributed by atoms with E-state index in [0.717, 1.165) is 54.8 Å². The third-order valence-corrected chi connectivity index (χ3v) is 5.01. The van der Waals surface area contributed by atoms with Gasteiger partial charge in [-0.15, -0.1) is 0 Å². The molecule has 2 heterocycles. The lowest BCUT2D eigenvalue weighted by Gasteiger charge is -2.17. The number of aryl methyl sites for hydroxylation is 1. The zero-order valence-corrected chi connectivity index (χ0v) is 16.5. The van der Waals surface area contributed by atoms with Crippen molar-refractivity contribution >= 4 is 29.0 Å². The van der Waals surface area contributed by atoms with Gasteiger partial charge in [0, 0.05) is 42.1 Å². The fourth-order valence-electron chi connectivity index (χ4n) is 3.36. The van der Waals surface area contributed by atoms with Crippen LogP contribution in [-0.2, 0) is 4.79 Å². The molecule has 0 bridgehead atoms. The van der Waals surface area contributed by atoms with Gasteiger partial charge in [0.25, 0.3) is 0 Å². The van der Waals surface area contributed by atoms with Gasteiger partial charge in [0.15, 0.2) is 0 Å². The molecule has 2 aromatic rings. The summed E-state index contributed by atoms with van der Waals surface area (Å²) in [7, 11) is 0. The summed E-state index contributed by atoms with van der Waals surface area (Å²) >= 11 is 0. The van der Waals surface area contributed by atoms with Crippen molar-refractivity contribution in [2.75, 3.05) is 28.6 Å². The molecule has 1 aliphatic rings. The van der Waals surface area contributed by atoms with Crippen LogP contribution in [0.5, 0.6) is 0 Å². The third kappa shape index (κ3) is 4.96. The number of hydrogen-bond donors (Lipinski definition) is 2. The standard InChI is InChI=1S/C21H29N5O/c1-4-16(5-2)20(27)24-18-10-8-17(9-11-18)23-19-14-15(3)22-21(25-19)26-12-6-7-13-26/h8-11,14,16H,4-7,12-13H2,1-3H3,(H,24,27)(H,22,23,25). The number of rotatable bonds is 7. The zero-order valence-electron chi connectivity index (χ0n) is 16.5. The average Bonchev–Trinajstić information content (AvgIpc) is 3.19. The molecule has 144 valence electrons. The zero-order chi connectivity index (χ0) is 19.2. The van der Waals surface area contributed by atoms with Crippen LogP contribution in [-0.4, -0.2) is 29.0 Å². The molecule has 0 saturated carbocycles.